The third kappa shape index (κ3) is 3.80. The molecule has 5 heteroatoms. The van der Waals surface area contributed by atoms with Crippen molar-refractivity contribution in [2.75, 3.05) is 6.61 Å². The van der Waals surface area contributed by atoms with E-state index in [1.165, 1.54) is 0 Å². The number of carboxylic acid groups (broad SMARTS) is 1. The Morgan fingerprint density at radius 1 is 1.39 bits per heavy atom. The molecule has 1 fully saturated rings. The summed E-state index contributed by atoms with van der Waals surface area (Å²) in [5, 5.41) is 8.79. The zero-order chi connectivity index (χ0) is 13.0. The minimum atomic E-state index is -0.884. The summed E-state index contributed by atoms with van der Waals surface area (Å²) in [6, 6.07) is 7.90. The lowest BCUT2D eigenvalue weighted by atomic mass is 10.2. The molecule has 2 rings (SSSR count). The van der Waals surface area contributed by atoms with E-state index in [-0.39, 0.29) is 6.10 Å². The van der Waals surface area contributed by atoms with Gasteiger partial charge in [0, 0.05) is 4.47 Å². The average molecular weight is 315 g/mol. The van der Waals surface area contributed by atoms with E-state index in [9.17, 15) is 4.79 Å². The fourth-order valence-electron chi connectivity index (χ4n) is 1.90. The molecule has 1 aromatic rings. The van der Waals surface area contributed by atoms with Crippen molar-refractivity contribution in [2.45, 2.75) is 31.7 Å². The van der Waals surface area contributed by atoms with E-state index in [4.69, 9.17) is 14.6 Å². The van der Waals surface area contributed by atoms with Gasteiger partial charge in [0.15, 0.2) is 6.10 Å². The van der Waals surface area contributed by atoms with Crippen molar-refractivity contribution in [1.29, 1.82) is 0 Å². The first kappa shape index (κ1) is 13.5. The second-order valence-corrected chi connectivity index (χ2v) is 5.22. The lowest BCUT2D eigenvalue weighted by Gasteiger charge is -2.11. The van der Waals surface area contributed by atoms with E-state index in [0.717, 1.165) is 16.5 Å². The molecule has 0 spiro atoms. The highest BCUT2D eigenvalue weighted by Gasteiger charge is 2.30. The van der Waals surface area contributed by atoms with Crippen LogP contribution < -0.4 is 0 Å². The summed E-state index contributed by atoms with van der Waals surface area (Å²) in [4.78, 5) is 10.7. The van der Waals surface area contributed by atoms with Crippen LogP contribution in [0.15, 0.2) is 28.7 Å². The molecule has 98 valence electrons. The number of rotatable bonds is 5. The summed E-state index contributed by atoms with van der Waals surface area (Å²) >= 11 is 3.37. The van der Waals surface area contributed by atoms with Crippen LogP contribution >= 0.6 is 15.9 Å². The molecule has 0 aliphatic carbocycles. The van der Waals surface area contributed by atoms with Crippen molar-refractivity contribution in [3.05, 3.63) is 34.3 Å². The first-order chi connectivity index (χ1) is 8.65. The van der Waals surface area contributed by atoms with Crippen LogP contribution in [0.1, 0.15) is 18.4 Å². The molecule has 2 unspecified atom stereocenters. The highest BCUT2D eigenvalue weighted by Crippen LogP contribution is 2.20. The number of ether oxygens (including phenoxy) is 2. The molecule has 1 aliphatic heterocycles. The largest absolute Gasteiger partial charge is 0.479 e. The average Bonchev–Trinajstić information content (AvgIpc) is 2.81. The smallest absolute Gasteiger partial charge is 0.332 e. The number of benzene rings is 1. The van der Waals surface area contributed by atoms with Crippen molar-refractivity contribution < 1.29 is 19.4 Å². The number of carbonyl (C=O) groups is 1. The maximum atomic E-state index is 10.7. The molecule has 4 nitrogen and oxygen atoms in total. The van der Waals surface area contributed by atoms with Crippen molar-refractivity contribution in [3.8, 4) is 0 Å². The monoisotopic (exact) mass is 314 g/mol. The van der Waals surface area contributed by atoms with Crippen LogP contribution in [0.25, 0.3) is 0 Å². The molecule has 18 heavy (non-hydrogen) atoms. The summed E-state index contributed by atoms with van der Waals surface area (Å²) in [5.41, 5.74) is 1.09. The maximum absolute atomic E-state index is 10.7. The van der Waals surface area contributed by atoms with E-state index in [1.54, 1.807) is 0 Å². The van der Waals surface area contributed by atoms with Gasteiger partial charge in [-0.05, 0) is 30.5 Å². The third-order valence-electron chi connectivity index (χ3n) is 2.87. The van der Waals surface area contributed by atoms with Crippen LogP contribution in [0.2, 0.25) is 0 Å². The van der Waals surface area contributed by atoms with Gasteiger partial charge in [-0.15, -0.1) is 0 Å². The molecule has 1 saturated heterocycles. The number of aliphatic carboxylic acids is 1. The minimum absolute atomic E-state index is 0.0958. The summed E-state index contributed by atoms with van der Waals surface area (Å²) in [5.74, 6) is -0.884. The van der Waals surface area contributed by atoms with Gasteiger partial charge >= 0.3 is 5.97 Å². The molecule has 0 radical (unpaired) electrons. The third-order valence-corrected chi connectivity index (χ3v) is 3.40. The molecule has 0 bridgehead atoms. The second kappa shape index (κ2) is 6.31. The highest BCUT2D eigenvalue weighted by atomic mass is 79.9. The number of hydrogen-bond donors (Lipinski definition) is 1. The summed E-state index contributed by atoms with van der Waals surface area (Å²) in [6.07, 6.45) is 0.562. The Labute approximate surface area is 114 Å². The van der Waals surface area contributed by atoms with E-state index >= 15 is 0 Å². The summed E-state index contributed by atoms with van der Waals surface area (Å²) < 4.78 is 11.9. The molecular weight excluding hydrogens is 300 g/mol. The molecule has 1 aromatic carbocycles. The van der Waals surface area contributed by atoms with Gasteiger partial charge in [-0.2, -0.15) is 0 Å². The molecule has 0 saturated carbocycles. The predicted octanol–water partition coefficient (Wildman–Crippen LogP) is 2.60. The van der Waals surface area contributed by atoms with Gasteiger partial charge in [-0.1, -0.05) is 28.1 Å². The molecule has 2 atom stereocenters. The Bertz CT molecular complexity index is 404. The standard InChI is InChI=1S/C13H15BrO4/c14-10-3-1-9(2-4-10)7-17-8-11-5-6-12(18-11)13(15)16/h1-4,11-12H,5-8H2,(H,15,16). The topological polar surface area (TPSA) is 55.8 Å². The molecule has 0 amide bonds. The van der Waals surface area contributed by atoms with Gasteiger partial charge in [0.2, 0.25) is 0 Å². The molecule has 1 heterocycles. The Balaban J connectivity index is 1.70. The molecule has 1 N–H and O–H groups in total. The second-order valence-electron chi connectivity index (χ2n) is 4.30. The number of halogens is 1. The van der Waals surface area contributed by atoms with E-state index in [2.05, 4.69) is 15.9 Å². The SMILES string of the molecule is O=C(O)C1CCC(COCc2ccc(Br)cc2)O1. The molecular formula is C13H15BrO4. The van der Waals surface area contributed by atoms with Gasteiger partial charge in [-0.25, -0.2) is 4.79 Å². The Morgan fingerprint density at radius 2 is 2.11 bits per heavy atom. The fourth-order valence-corrected chi connectivity index (χ4v) is 2.16. The Kier molecular flexibility index (Phi) is 4.74. The van der Waals surface area contributed by atoms with E-state index in [1.807, 2.05) is 24.3 Å². The van der Waals surface area contributed by atoms with Crippen molar-refractivity contribution in [2.24, 2.45) is 0 Å². The lowest BCUT2D eigenvalue weighted by molar-refractivity contribution is -0.150. The molecule has 0 aromatic heterocycles. The normalized spacial score (nSPS) is 23.2. The zero-order valence-electron chi connectivity index (χ0n) is 9.84. The van der Waals surface area contributed by atoms with Crippen LogP contribution in [0, 0.1) is 0 Å². The zero-order valence-corrected chi connectivity index (χ0v) is 11.4. The first-order valence-corrected chi connectivity index (χ1v) is 6.65. The maximum Gasteiger partial charge on any atom is 0.332 e. The fraction of sp³-hybridized carbons (Fsp3) is 0.462. The van der Waals surface area contributed by atoms with Crippen molar-refractivity contribution >= 4 is 21.9 Å². The quantitative estimate of drug-likeness (QED) is 0.907. The van der Waals surface area contributed by atoms with Crippen LogP contribution in [-0.2, 0) is 20.9 Å². The summed E-state index contributed by atoms with van der Waals surface area (Å²) in [6.45, 7) is 0.963. The Morgan fingerprint density at radius 3 is 2.72 bits per heavy atom. The first-order valence-electron chi connectivity index (χ1n) is 5.85. The van der Waals surface area contributed by atoms with E-state index < -0.39 is 12.1 Å². The van der Waals surface area contributed by atoms with Gasteiger partial charge in [-0.3, -0.25) is 0 Å². The van der Waals surface area contributed by atoms with E-state index in [0.29, 0.717) is 19.6 Å². The van der Waals surface area contributed by atoms with Crippen LogP contribution in [0.5, 0.6) is 0 Å². The predicted molar refractivity (Wildman–Crippen MR) is 69.3 cm³/mol. The number of hydrogen-bond acceptors (Lipinski definition) is 3. The van der Waals surface area contributed by atoms with Gasteiger partial charge in [0.05, 0.1) is 19.3 Å². The van der Waals surface area contributed by atoms with Crippen LogP contribution in [0.3, 0.4) is 0 Å². The van der Waals surface area contributed by atoms with Crippen molar-refractivity contribution in [3.63, 3.8) is 0 Å². The van der Waals surface area contributed by atoms with Crippen molar-refractivity contribution in [1.82, 2.24) is 0 Å². The van der Waals surface area contributed by atoms with Gasteiger partial charge in [0.1, 0.15) is 0 Å². The minimum Gasteiger partial charge on any atom is -0.479 e. The van der Waals surface area contributed by atoms with Gasteiger partial charge < -0.3 is 14.6 Å². The lowest BCUT2D eigenvalue weighted by Crippen LogP contribution is -2.22. The molecule has 1 aliphatic rings. The summed E-state index contributed by atoms with van der Waals surface area (Å²) in [7, 11) is 0. The van der Waals surface area contributed by atoms with Gasteiger partial charge in [0.25, 0.3) is 0 Å². The number of carboxylic acids is 1. The Hall–Kier alpha value is -0.910. The highest BCUT2D eigenvalue weighted by molar-refractivity contribution is 9.10. The van der Waals surface area contributed by atoms with Crippen LogP contribution in [-0.4, -0.2) is 29.9 Å². The van der Waals surface area contributed by atoms with Crippen LogP contribution in [0.4, 0.5) is 0 Å².